The van der Waals surface area contributed by atoms with Crippen molar-refractivity contribution in [2.75, 3.05) is 0 Å². The Morgan fingerprint density at radius 3 is 2.46 bits per heavy atom. The van der Waals surface area contributed by atoms with Crippen molar-refractivity contribution in [3.8, 4) is 0 Å². The van der Waals surface area contributed by atoms with Gasteiger partial charge in [-0.15, -0.1) is 11.3 Å². The lowest BCUT2D eigenvalue weighted by Crippen LogP contribution is -2.39. The third-order valence-corrected chi connectivity index (χ3v) is 5.78. The number of fused-ring (bicyclic) bond motifs is 1. The maximum atomic E-state index is 12.9. The zero-order valence-electron chi connectivity index (χ0n) is 14.2. The number of imide groups is 1. The largest absolute Gasteiger partial charge is 0.351 e. The first-order valence-corrected chi connectivity index (χ1v) is 9.12. The van der Waals surface area contributed by atoms with E-state index >= 15 is 0 Å². The van der Waals surface area contributed by atoms with E-state index in [9.17, 15) is 14.4 Å². The predicted octanol–water partition coefficient (Wildman–Crippen LogP) is 2.33. The topological polar surface area (TPSA) is 107 Å². The zero-order valence-corrected chi connectivity index (χ0v) is 15.8. The fraction of sp³-hybridized carbons (Fsp3) is 0.467. The average Bonchev–Trinajstić information content (AvgIpc) is 2.72. The number of carbonyl (C=O) groups excluding carboxylic acids is 2. The lowest BCUT2D eigenvalue weighted by Gasteiger charge is -2.17. The molecule has 0 bridgehead atoms. The maximum Gasteiger partial charge on any atom is 0.318 e. The second kappa shape index (κ2) is 6.94. The second-order valence-corrected chi connectivity index (χ2v) is 8.25. The Hall–Kier alpha value is -1.87. The van der Waals surface area contributed by atoms with Gasteiger partial charge in [0.1, 0.15) is 4.83 Å². The number of hydrogen-bond acceptors (Lipinski definition) is 6. The molecule has 0 saturated carbocycles. The number of aryl methyl sites for hydroxylation is 2. The molecule has 0 aliphatic rings. The van der Waals surface area contributed by atoms with E-state index in [1.54, 1.807) is 11.5 Å². The Bertz CT molecular complexity index is 870. The molecule has 0 unspecified atom stereocenters. The summed E-state index contributed by atoms with van der Waals surface area (Å²) in [5, 5.41) is 2.51. The van der Waals surface area contributed by atoms with E-state index in [2.05, 4.69) is 4.98 Å². The maximum absolute atomic E-state index is 12.9. The van der Waals surface area contributed by atoms with Crippen LogP contribution in [0.1, 0.15) is 37.3 Å². The summed E-state index contributed by atoms with van der Waals surface area (Å²) >= 11 is 2.59. The number of primary amides is 1. The molecule has 130 valence electrons. The van der Waals surface area contributed by atoms with Crippen LogP contribution in [0.15, 0.2) is 9.95 Å². The Kier molecular flexibility index (Phi) is 5.34. The number of hydrogen-bond donors (Lipinski definition) is 2. The lowest BCUT2D eigenvalue weighted by molar-refractivity contribution is -0.119. The number of thiophene rings is 1. The molecule has 9 heteroatoms. The fourth-order valence-corrected chi connectivity index (χ4v) is 4.37. The summed E-state index contributed by atoms with van der Waals surface area (Å²) < 4.78 is 1.58. The summed E-state index contributed by atoms with van der Waals surface area (Å²) in [5.74, 6) is -0.518. The minimum atomic E-state index is -0.901. The highest BCUT2D eigenvalue weighted by Gasteiger charge is 2.23. The molecule has 0 aliphatic heterocycles. The molecule has 2 heterocycles. The molecular weight excluding hydrogens is 348 g/mol. The molecule has 3 amide bonds. The molecule has 0 aromatic carbocycles. The molecule has 1 atom stereocenters. The van der Waals surface area contributed by atoms with Crippen molar-refractivity contribution in [3.63, 3.8) is 0 Å². The van der Waals surface area contributed by atoms with Gasteiger partial charge in [-0.25, -0.2) is 9.78 Å². The number of nitrogens with zero attached hydrogens (tertiary/aromatic N) is 2. The van der Waals surface area contributed by atoms with Gasteiger partial charge in [-0.3, -0.25) is 19.5 Å². The minimum Gasteiger partial charge on any atom is -0.351 e. The van der Waals surface area contributed by atoms with Gasteiger partial charge in [0, 0.05) is 10.9 Å². The monoisotopic (exact) mass is 368 g/mol. The number of nitrogens with one attached hydrogen (secondary N) is 1. The summed E-state index contributed by atoms with van der Waals surface area (Å²) in [4.78, 5) is 41.9. The Morgan fingerprint density at radius 2 is 1.92 bits per heavy atom. The van der Waals surface area contributed by atoms with E-state index in [1.165, 1.54) is 11.3 Å². The van der Waals surface area contributed by atoms with Gasteiger partial charge in [0.2, 0.25) is 5.91 Å². The van der Waals surface area contributed by atoms with E-state index in [-0.39, 0.29) is 11.6 Å². The molecule has 0 fully saturated rings. The molecule has 7 nitrogen and oxygen atoms in total. The van der Waals surface area contributed by atoms with Crippen LogP contribution < -0.4 is 16.6 Å². The quantitative estimate of drug-likeness (QED) is 0.636. The molecule has 0 radical (unpaired) electrons. The van der Waals surface area contributed by atoms with Gasteiger partial charge in [0.25, 0.3) is 5.56 Å². The summed E-state index contributed by atoms with van der Waals surface area (Å²) in [6, 6.07) is -1.01. The van der Waals surface area contributed by atoms with Gasteiger partial charge < -0.3 is 5.73 Å². The van der Waals surface area contributed by atoms with Crippen molar-refractivity contribution in [1.29, 1.82) is 0 Å². The number of thioether (sulfide) groups is 1. The van der Waals surface area contributed by atoms with Crippen molar-refractivity contribution in [2.24, 2.45) is 5.73 Å². The minimum absolute atomic E-state index is 0.108. The van der Waals surface area contributed by atoms with Crippen LogP contribution in [0, 0.1) is 13.8 Å². The van der Waals surface area contributed by atoms with Crippen molar-refractivity contribution in [3.05, 3.63) is 20.8 Å². The Labute approximate surface area is 147 Å². The molecule has 2 aromatic heterocycles. The fourth-order valence-electron chi connectivity index (χ4n) is 2.26. The van der Waals surface area contributed by atoms with Crippen LogP contribution >= 0.6 is 23.1 Å². The first-order chi connectivity index (χ1) is 11.1. The van der Waals surface area contributed by atoms with Crippen LogP contribution in [0.4, 0.5) is 4.79 Å². The third-order valence-electron chi connectivity index (χ3n) is 3.62. The number of aromatic nitrogens is 2. The van der Waals surface area contributed by atoms with E-state index in [4.69, 9.17) is 5.73 Å². The molecule has 24 heavy (non-hydrogen) atoms. The lowest BCUT2D eigenvalue weighted by atomic mass is 10.2. The third kappa shape index (κ3) is 3.46. The highest BCUT2D eigenvalue weighted by molar-refractivity contribution is 8.00. The first kappa shape index (κ1) is 18.5. The number of carbonyl (C=O) groups is 2. The van der Waals surface area contributed by atoms with Gasteiger partial charge in [0.05, 0.1) is 10.6 Å². The summed E-state index contributed by atoms with van der Waals surface area (Å²) in [7, 11) is 0. The van der Waals surface area contributed by atoms with Gasteiger partial charge in [-0.05, 0) is 40.2 Å². The van der Waals surface area contributed by atoms with E-state index in [1.807, 2.05) is 33.0 Å². The smallest absolute Gasteiger partial charge is 0.318 e. The van der Waals surface area contributed by atoms with Gasteiger partial charge >= 0.3 is 6.03 Å². The summed E-state index contributed by atoms with van der Waals surface area (Å²) in [6.45, 7) is 9.28. The molecule has 0 aliphatic carbocycles. The number of amides is 3. The molecular formula is C15H20N4O3S2. The van der Waals surface area contributed by atoms with Crippen molar-refractivity contribution < 1.29 is 9.59 Å². The van der Waals surface area contributed by atoms with Gasteiger partial charge in [0.15, 0.2) is 5.16 Å². The highest BCUT2D eigenvalue weighted by atomic mass is 32.2. The molecule has 2 aromatic rings. The van der Waals surface area contributed by atoms with Crippen LogP contribution in [0.5, 0.6) is 0 Å². The van der Waals surface area contributed by atoms with Gasteiger partial charge in [-0.1, -0.05) is 11.8 Å². The van der Waals surface area contributed by atoms with Crippen LogP contribution in [0.2, 0.25) is 0 Å². The number of rotatable bonds is 4. The van der Waals surface area contributed by atoms with E-state index in [0.29, 0.717) is 15.4 Å². The van der Waals surface area contributed by atoms with Crippen molar-refractivity contribution >= 4 is 45.3 Å². The van der Waals surface area contributed by atoms with Crippen LogP contribution in [0.25, 0.3) is 10.2 Å². The van der Waals surface area contributed by atoms with Gasteiger partial charge in [-0.2, -0.15) is 0 Å². The average molecular weight is 368 g/mol. The van der Waals surface area contributed by atoms with Crippen LogP contribution in [0.3, 0.4) is 0 Å². The highest BCUT2D eigenvalue weighted by Crippen LogP contribution is 2.30. The van der Waals surface area contributed by atoms with E-state index in [0.717, 1.165) is 22.2 Å². The number of urea groups is 1. The number of nitrogens with two attached hydrogens (primary N) is 1. The SMILES string of the molecule is Cc1sc2nc(S[C@H](C)C(=O)NC(N)=O)n(C(C)C)c(=O)c2c1C. The first-order valence-electron chi connectivity index (χ1n) is 7.42. The predicted molar refractivity (Wildman–Crippen MR) is 96.8 cm³/mol. The molecule has 0 spiro atoms. The molecule has 3 N–H and O–H groups in total. The summed E-state index contributed by atoms with van der Waals surface area (Å²) in [5.41, 5.74) is 5.80. The van der Waals surface area contributed by atoms with Crippen LogP contribution in [-0.4, -0.2) is 26.7 Å². The standard InChI is InChI=1S/C15H20N4O3S2/c1-6(2)19-13(21)10-7(3)8(4)23-12(10)18-15(19)24-9(5)11(20)17-14(16)22/h6,9H,1-5H3,(H3,16,17,20,22)/t9-/m1/s1. The summed E-state index contributed by atoms with van der Waals surface area (Å²) in [6.07, 6.45) is 0. The molecule has 0 saturated heterocycles. The Morgan fingerprint density at radius 1 is 1.29 bits per heavy atom. The van der Waals surface area contributed by atoms with Crippen LogP contribution in [-0.2, 0) is 4.79 Å². The van der Waals surface area contributed by atoms with E-state index < -0.39 is 17.2 Å². The van der Waals surface area contributed by atoms with Crippen molar-refractivity contribution in [1.82, 2.24) is 14.9 Å². The Balaban J connectivity index is 2.53. The normalized spacial score (nSPS) is 12.6. The second-order valence-electron chi connectivity index (χ2n) is 5.74. The van der Waals surface area contributed by atoms with Crippen molar-refractivity contribution in [2.45, 2.75) is 51.1 Å². The zero-order chi connectivity index (χ0) is 18.2. The molecule has 2 rings (SSSR count).